The third kappa shape index (κ3) is 4.26. The summed E-state index contributed by atoms with van der Waals surface area (Å²) in [5.74, 6) is 1.73. The summed E-state index contributed by atoms with van der Waals surface area (Å²) in [7, 11) is 1.80. The summed E-state index contributed by atoms with van der Waals surface area (Å²) >= 11 is 0. The molecule has 132 valence electrons. The lowest BCUT2D eigenvalue weighted by molar-refractivity contribution is 0.371. The maximum absolute atomic E-state index is 13.4. The van der Waals surface area contributed by atoms with Gasteiger partial charge in [-0.3, -0.25) is 4.99 Å². The topological polar surface area (TPSA) is 43.8 Å². The van der Waals surface area contributed by atoms with Crippen LogP contribution in [-0.4, -0.2) is 49.1 Å². The molecule has 0 spiro atoms. The number of guanidine groups is 1. The number of hydrogen-bond donors (Lipinski definition) is 1. The van der Waals surface area contributed by atoms with Crippen molar-refractivity contribution in [1.82, 2.24) is 15.2 Å². The van der Waals surface area contributed by atoms with E-state index in [4.69, 9.17) is 0 Å². The van der Waals surface area contributed by atoms with Crippen LogP contribution in [0.1, 0.15) is 11.1 Å². The Kier molecular flexibility index (Phi) is 5.48. The van der Waals surface area contributed by atoms with E-state index in [1.54, 1.807) is 14.0 Å². The van der Waals surface area contributed by atoms with E-state index in [1.807, 2.05) is 36.5 Å². The highest BCUT2D eigenvalue weighted by Crippen LogP contribution is 2.13. The van der Waals surface area contributed by atoms with E-state index in [-0.39, 0.29) is 5.82 Å². The fourth-order valence-corrected chi connectivity index (χ4v) is 3.02. The van der Waals surface area contributed by atoms with E-state index in [0.29, 0.717) is 12.1 Å². The summed E-state index contributed by atoms with van der Waals surface area (Å²) in [6.45, 7) is 6.01. The number of anilines is 1. The number of hydrogen-bond acceptors (Lipinski definition) is 3. The molecule has 1 aliphatic rings. The van der Waals surface area contributed by atoms with Crippen molar-refractivity contribution in [3.8, 4) is 0 Å². The van der Waals surface area contributed by atoms with Crippen LogP contribution in [0.2, 0.25) is 0 Å². The Morgan fingerprint density at radius 2 is 2.00 bits per heavy atom. The third-order valence-electron chi connectivity index (χ3n) is 4.44. The van der Waals surface area contributed by atoms with E-state index < -0.39 is 0 Å². The lowest BCUT2D eigenvalue weighted by Crippen LogP contribution is -2.52. The SMILES string of the molecule is CN=C(NCc1ccc(F)c(C)c1)N1CCN(c2ccccn2)CC1. The molecule has 1 aromatic heterocycles. The van der Waals surface area contributed by atoms with Crippen LogP contribution in [0, 0.1) is 12.7 Å². The Morgan fingerprint density at radius 1 is 1.20 bits per heavy atom. The van der Waals surface area contributed by atoms with Gasteiger partial charge in [-0.25, -0.2) is 9.37 Å². The second kappa shape index (κ2) is 7.96. The van der Waals surface area contributed by atoms with Crippen molar-refractivity contribution < 1.29 is 4.39 Å². The maximum atomic E-state index is 13.4. The molecule has 6 heteroatoms. The van der Waals surface area contributed by atoms with E-state index >= 15 is 0 Å². The number of aryl methyl sites for hydroxylation is 1. The van der Waals surface area contributed by atoms with Gasteiger partial charge in [0.15, 0.2) is 5.96 Å². The van der Waals surface area contributed by atoms with E-state index in [9.17, 15) is 4.39 Å². The number of pyridine rings is 1. The average Bonchev–Trinajstić information content (AvgIpc) is 2.66. The van der Waals surface area contributed by atoms with Gasteiger partial charge < -0.3 is 15.1 Å². The Hall–Kier alpha value is -2.63. The van der Waals surface area contributed by atoms with Gasteiger partial charge in [0.25, 0.3) is 0 Å². The predicted octanol–water partition coefficient (Wildman–Crippen LogP) is 2.43. The largest absolute Gasteiger partial charge is 0.353 e. The average molecular weight is 341 g/mol. The Bertz CT molecular complexity index is 724. The zero-order valence-corrected chi connectivity index (χ0v) is 14.7. The first-order valence-corrected chi connectivity index (χ1v) is 8.54. The number of nitrogens with zero attached hydrogens (tertiary/aromatic N) is 4. The molecule has 1 aliphatic heterocycles. The van der Waals surface area contributed by atoms with Crippen molar-refractivity contribution in [2.45, 2.75) is 13.5 Å². The third-order valence-corrected chi connectivity index (χ3v) is 4.44. The number of nitrogens with one attached hydrogen (secondary N) is 1. The molecule has 1 N–H and O–H groups in total. The minimum Gasteiger partial charge on any atom is -0.353 e. The van der Waals surface area contributed by atoms with Gasteiger partial charge in [-0.1, -0.05) is 18.2 Å². The van der Waals surface area contributed by atoms with Crippen molar-refractivity contribution in [2.75, 3.05) is 38.1 Å². The molecule has 1 fully saturated rings. The molecular formula is C19H24FN5. The minimum atomic E-state index is -0.168. The zero-order valence-electron chi connectivity index (χ0n) is 14.7. The van der Waals surface area contributed by atoms with Gasteiger partial charge in [0, 0.05) is 46.0 Å². The van der Waals surface area contributed by atoms with Crippen LogP contribution in [0.5, 0.6) is 0 Å². The van der Waals surface area contributed by atoms with Crippen LogP contribution in [0.25, 0.3) is 0 Å². The second-order valence-corrected chi connectivity index (χ2v) is 6.15. The highest BCUT2D eigenvalue weighted by molar-refractivity contribution is 5.80. The summed E-state index contributed by atoms with van der Waals surface area (Å²) in [6, 6.07) is 11.2. The fraction of sp³-hybridized carbons (Fsp3) is 0.368. The zero-order chi connectivity index (χ0) is 17.6. The van der Waals surface area contributed by atoms with Gasteiger partial charge in [0.1, 0.15) is 11.6 Å². The van der Waals surface area contributed by atoms with Crippen LogP contribution in [0.4, 0.5) is 10.2 Å². The van der Waals surface area contributed by atoms with Crippen LogP contribution in [0.15, 0.2) is 47.6 Å². The Morgan fingerprint density at radius 3 is 2.64 bits per heavy atom. The molecule has 0 amide bonds. The molecule has 0 radical (unpaired) electrons. The normalized spacial score (nSPS) is 15.4. The molecular weight excluding hydrogens is 317 g/mol. The molecule has 3 rings (SSSR count). The lowest BCUT2D eigenvalue weighted by atomic mass is 10.1. The van der Waals surface area contributed by atoms with Crippen LogP contribution < -0.4 is 10.2 Å². The molecule has 1 aromatic carbocycles. The summed E-state index contributed by atoms with van der Waals surface area (Å²) < 4.78 is 13.4. The van der Waals surface area contributed by atoms with Gasteiger partial charge in [0.2, 0.25) is 0 Å². The number of aliphatic imine (C=N–C) groups is 1. The summed E-state index contributed by atoms with van der Waals surface area (Å²) in [4.78, 5) is 13.3. The molecule has 1 saturated heterocycles. The fourth-order valence-electron chi connectivity index (χ4n) is 3.02. The Balaban J connectivity index is 1.55. The monoisotopic (exact) mass is 341 g/mol. The molecule has 0 unspecified atom stereocenters. The number of rotatable bonds is 3. The smallest absolute Gasteiger partial charge is 0.194 e. The molecule has 2 heterocycles. The molecule has 0 atom stereocenters. The predicted molar refractivity (Wildman–Crippen MR) is 99.4 cm³/mol. The first-order chi connectivity index (χ1) is 12.2. The highest BCUT2D eigenvalue weighted by atomic mass is 19.1. The Labute approximate surface area is 148 Å². The van der Waals surface area contributed by atoms with Crippen LogP contribution >= 0.6 is 0 Å². The van der Waals surface area contributed by atoms with E-state index in [0.717, 1.165) is 43.5 Å². The van der Waals surface area contributed by atoms with Gasteiger partial charge >= 0.3 is 0 Å². The quantitative estimate of drug-likeness (QED) is 0.688. The molecule has 0 bridgehead atoms. The van der Waals surface area contributed by atoms with Gasteiger partial charge in [-0.15, -0.1) is 0 Å². The van der Waals surface area contributed by atoms with Crippen molar-refractivity contribution in [3.05, 3.63) is 59.5 Å². The van der Waals surface area contributed by atoms with Crippen molar-refractivity contribution >= 4 is 11.8 Å². The highest BCUT2D eigenvalue weighted by Gasteiger charge is 2.20. The lowest BCUT2D eigenvalue weighted by Gasteiger charge is -2.37. The summed E-state index contributed by atoms with van der Waals surface area (Å²) in [5.41, 5.74) is 1.71. The van der Waals surface area contributed by atoms with Crippen LogP contribution in [-0.2, 0) is 6.54 Å². The van der Waals surface area contributed by atoms with Crippen molar-refractivity contribution in [1.29, 1.82) is 0 Å². The molecule has 0 saturated carbocycles. The number of piperazine rings is 1. The maximum Gasteiger partial charge on any atom is 0.194 e. The second-order valence-electron chi connectivity index (χ2n) is 6.15. The van der Waals surface area contributed by atoms with Gasteiger partial charge in [-0.05, 0) is 36.2 Å². The standard InChI is InChI=1S/C19H24FN5/c1-15-13-16(6-7-17(15)20)14-23-19(21-2)25-11-9-24(10-12-25)18-5-3-4-8-22-18/h3-8,13H,9-12,14H2,1-2H3,(H,21,23). The number of halogens is 1. The minimum absolute atomic E-state index is 0.168. The molecule has 0 aliphatic carbocycles. The van der Waals surface area contributed by atoms with E-state index in [2.05, 4.69) is 25.1 Å². The molecule has 2 aromatic rings. The number of aromatic nitrogens is 1. The van der Waals surface area contributed by atoms with E-state index in [1.165, 1.54) is 6.07 Å². The molecule has 5 nitrogen and oxygen atoms in total. The number of benzene rings is 1. The van der Waals surface area contributed by atoms with Crippen molar-refractivity contribution in [2.24, 2.45) is 4.99 Å². The summed E-state index contributed by atoms with van der Waals surface area (Å²) in [5, 5.41) is 3.38. The van der Waals surface area contributed by atoms with Gasteiger partial charge in [-0.2, -0.15) is 0 Å². The summed E-state index contributed by atoms with van der Waals surface area (Å²) in [6.07, 6.45) is 1.83. The van der Waals surface area contributed by atoms with Crippen LogP contribution in [0.3, 0.4) is 0 Å². The van der Waals surface area contributed by atoms with Crippen molar-refractivity contribution in [3.63, 3.8) is 0 Å². The van der Waals surface area contributed by atoms with Gasteiger partial charge in [0.05, 0.1) is 0 Å². The first-order valence-electron chi connectivity index (χ1n) is 8.54. The first kappa shape index (κ1) is 17.2. The molecule has 25 heavy (non-hydrogen) atoms.